The number of aliphatic hydroxyl groups excluding tert-OH is 2. The maximum absolute atomic E-state index is 12.6. The fourth-order valence-electron chi connectivity index (χ4n) is 4.13. The number of fused-ring (bicyclic) bond motifs is 1. The first-order valence-electron chi connectivity index (χ1n) is 8.58. The molecule has 24 heavy (non-hydrogen) atoms. The summed E-state index contributed by atoms with van der Waals surface area (Å²) in [5.41, 5.74) is 1.04. The second kappa shape index (κ2) is 6.10. The zero-order valence-electron chi connectivity index (χ0n) is 13.5. The van der Waals surface area contributed by atoms with Gasteiger partial charge in [-0.05, 0) is 36.8 Å². The molecule has 0 bridgehead atoms. The normalized spacial score (nSPS) is 22.3. The van der Waals surface area contributed by atoms with E-state index in [0.29, 0.717) is 11.6 Å². The largest absolute Gasteiger partial charge is 0.383 e. The third-order valence-corrected chi connectivity index (χ3v) is 6.64. The highest BCUT2D eigenvalue weighted by atomic mass is 32.1. The zero-order chi connectivity index (χ0) is 16.7. The van der Waals surface area contributed by atoms with Gasteiger partial charge in [-0.15, -0.1) is 11.3 Å². The first-order chi connectivity index (χ1) is 11.6. The summed E-state index contributed by atoms with van der Waals surface area (Å²) in [6.07, 6.45) is 3.12. The number of carbonyl (C=O) groups excluding carboxylic acids is 1. The first-order valence-corrected chi connectivity index (χ1v) is 9.40. The number of para-hydroxylation sites is 1. The lowest BCUT2D eigenvalue weighted by molar-refractivity contribution is -0.145. The van der Waals surface area contributed by atoms with Crippen molar-refractivity contribution in [1.29, 1.82) is 0 Å². The Bertz CT molecular complexity index is 721. The third kappa shape index (κ3) is 2.72. The number of hydrogen-bond acceptors (Lipinski definition) is 5. The minimum absolute atomic E-state index is 0.260. The van der Waals surface area contributed by atoms with E-state index >= 15 is 0 Å². The van der Waals surface area contributed by atoms with Gasteiger partial charge in [0, 0.05) is 13.1 Å². The van der Waals surface area contributed by atoms with Crippen molar-refractivity contribution in [3.8, 4) is 0 Å². The van der Waals surface area contributed by atoms with Crippen LogP contribution in [-0.2, 0) is 4.79 Å². The molecule has 1 saturated carbocycles. The Morgan fingerprint density at radius 1 is 1.21 bits per heavy atom. The van der Waals surface area contributed by atoms with Crippen LogP contribution >= 0.6 is 11.3 Å². The van der Waals surface area contributed by atoms with Crippen LogP contribution in [-0.4, -0.2) is 45.2 Å². The summed E-state index contributed by atoms with van der Waals surface area (Å²) in [5.74, 6) is -0.370. The van der Waals surface area contributed by atoms with Gasteiger partial charge < -0.3 is 15.1 Å². The third-order valence-electron chi connectivity index (χ3n) is 5.53. The highest BCUT2D eigenvalue weighted by molar-refractivity contribution is 7.18. The number of carbonyl (C=O) groups is 1. The zero-order valence-corrected chi connectivity index (χ0v) is 14.3. The Hall–Kier alpha value is -1.50. The molecule has 1 aliphatic carbocycles. The van der Waals surface area contributed by atoms with Crippen molar-refractivity contribution < 1.29 is 15.0 Å². The van der Waals surface area contributed by atoms with Gasteiger partial charge in [0.1, 0.15) is 11.1 Å². The molecule has 0 unspecified atom stereocenters. The van der Waals surface area contributed by atoms with E-state index in [2.05, 4.69) is 4.98 Å². The van der Waals surface area contributed by atoms with Crippen molar-refractivity contribution in [2.24, 2.45) is 5.41 Å². The number of benzene rings is 1. The molecule has 5 nitrogen and oxygen atoms in total. The monoisotopic (exact) mass is 346 g/mol. The molecule has 6 heteroatoms. The Balaban J connectivity index is 1.48. The second-order valence-electron chi connectivity index (χ2n) is 7.13. The Kier molecular flexibility index (Phi) is 4.06. The molecule has 1 amide bonds. The molecule has 1 aromatic heterocycles. The average molecular weight is 346 g/mol. The number of thiazole rings is 1. The van der Waals surface area contributed by atoms with Crippen LogP contribution in [0.4, 0.5) is 0 Å². The van der Waals surface area contributed by atoms with Crippen LogP contribution in [0.25, 0.3) is 10.2 Å². The van der Waals surface area contributed by atoms with Crippen LogP contribution in [0.2, 0.25) is 0 Å². The molecule has 2 atom stereocenters. The summed E-state index contributed by atoms with van der Waals surface area (Å²) in [6, 6.07) is 7.57. The molecule has 1 spiro atoms. The number of rotatable bonds is 3. The first kappa shape index (κ1) is 16.0. The highest BCUT2D eigenvalue weighted by Crippen LogP contribution is 2.45. The molecular weight excluding hydrogens is 324 g/mol. The van der Waals surface area contributed by atoms with E-state index in [4.69, 9.17) is 0 Å². The van der Waals surface area contributed by atoms with E-state index in [9.17, 15) is 15.0 Å². The fraction of sp³-hybridized carbons (Fsp3) is 0.556. The van der Waals surface area contributed by atoms with Crippen molar-refractivity contribution >= 4 is 27.5 Å². The van der Waals surface area contributed by atoms with E-state index in [1.54, 1.807) is 4.90 Å². The van der Waals surface area contributed by atoms with Gasteiger partial charge in [-0.25, -0.2) is 4.98 Å². The highest BCUT2D eigenvalue weighted by Gasteiger charge is 2.43. The number of likely N-dealkylation sites (tertiary alicyclic amines) is 1. The quantitative estimate of drug-likeness (QED) is 0.895. The Morgan fingerprint density at radius 3 is 2.71 bits per heavy atom. The van der Waals surface area contributed by atoms with Crippen molar-refractivity contribution in [1.82, 2.24) is 9.88 Å². The Labute approximate surface area is 144 Å². The van der Waals surface area contributed by atoms with Gasteiger partial charge in [0.25, 0.3) is 5.91 Å². The molecule has 2 aromatic rings. The number of amides is 1. The molecule has 1 aromatic carbocycles. The van der Waals surface area contributed by atoms with Crippen LogP contribution in [0.3, 0.4) is 0 Å². The number of nitrogens with zero attached hydrogens (tertiary/aromatic N) is 2. The number of aliphatic hydroxyl groups is 2. The van der Waals surface area contributed by atoms with Gasteiger partial charge in [-0.1, -0.05) is 25.0 Å². The SMILES string of the molecule is O=C([C@@H](O)[C@H](O)c1nc2ccccc2s1)N1CCC2(CCCC2)C1. The van der Waals surface area contributed by atoms with Crippen molar-refractivity contribution in [3.05, 3.63) is 29.3 Å². The molecular formula is C18H22N2O3S. The van der Waals surface area contributed by atoms with Gasteiger partial charge in [0.15, 0.2) is 6.10 Å². The maximum Gasteiger partial charge on any atom is 0.254 e. The van der Waals surface area contributed by atoms with Crippen LogP contribution in [0.5, 0.6) is 0 Å². The molecule has 2 N–H and O–H groups in total. The summed E-state index contributed by atoms with van der Waals surface area (Å²) >= 11 is 1.32. The van der Waals surface area contributed by atoms with E-state index in [0.717, 1.165) is 23.2 Å². The maximum atomic E-state index is 12.6. The van der Waals surface area contributed by atoms with E-state index < -0.39 is 12.2 Å². The lowest BCUT2D eigenvalue weighted by atomic mass is 9.86. The molecule has 2 fully saturated rings. The molecule has 2 aliphatic rings. The topological polar surface area (TPSA) is 73.7 Å². The smallest absolute Gasteiger partial charge is 0.254 e. The number of hydrogen-bond donors (Lipinski definition) is 2. The standard InChI is InChI=1S/C18H22N2O3S/c21-14(16-19-12-5-1-2-6-13(12)24-16)15(22)17(23)20-10-9-18(11-20)7-3-4-8-18/h1-2,5-6,14-15,21-22H,3-4,7-11H2/t14-,15-/m0/s1. The van der Waals surface area contributed by atoms with Crippen molar-refractivity contribution in [2.45, 2.75) is 44.3 Å². The van der Waals surface area contributed by atoms with E-state index in [-0.39, 0.29) is 11.3 Å². The van der Waals surface area contributed by atoms with E-state index in [1.165, 1.54) is 37.0 Å². The van der Waals surface area contributed by atoms with E-state index in [1.807, 2.05) is 24.3 Å². The minimum Gasteiger partial charge on any atom is -0.383 e. The van der Waals surface area contributed by atoms with Crippen molar-refractivity contribution in [3.63, 3.8) is 0 Å². The van der Waals surface area contributed by atoms with Crippen LogP contribution in [0, 0.1) is 5.41 Å². The van der Waals surface area contributed by atoms with Gasteiger partial charge in [-0.3, -0.25) is 4.79 Å². The number of aromatic nitrogens is 1. The fourth-order valence-corrected chi connectivity index (χ4v) is 5.11. The Morgan fingerprint density at radius 2 is 1.96 bits per heavy atom. The van der Waals surface area contributed by atoms with Crippen LogP contribution in [0.1, 0.15) is 43.2 Å². The average Bonchev–Trinajstić information content (AvgIpc) is 3.33. The van der Waals surface area contributed by atoms with Gasteiger partial charge in [0.05, 0.1) is 10.2 Å². The molecule has 0 radical (unpaired) electrons. The summed E-state index contributed by atoms with van der Waals surface area (Å²) in [7, 11) is 0. The second-order valence-corrected chi connectivity index (χ2v) is 8.19. The lowest BCUT2D eigenvalue weighted by Crippen LogP contribution is -2.41. The minimum atomic E-state index is -1.44. The predicted octanol–water partition coefficient (Wildman–Crippen LogP) is 2.48. The summed E-state index contributed by atoms with van der Waals surface area (Å²) in [4.78, 5) is 18.7. The summed E-state index contributed by atoms with van der Waals surface area (Å²) in [5, 5.41) is 21.2. The van der Waals surface area contributed by atoms with Crippen LogP contribution in [0.15, 0.2) is 24.3 Å². The molecule has 2 heterocycles. The molecule has 1 aliphatic heterocycles. The van der Waals surface area contributed by atoms with Gasteiger partial charge in [-0.2, -0.15) is 0 Å². The van der Waals surface area contributed by atoms with Gasteiger partial charge in [0.2, 0.25) is 0 Å². The summed E-state index contributed by atoms with van der Waals surface area (Å²) < 4.78 is 0.942. The predicted molar refractivity (Wildman–Crippen MR) is 92.7 cm³/mol. The van der Waals surface area contributed by atoms with Crippen molar-refractivity contribution in [2.75, 3.05) is 13.1 Å². The van der Waals surface area contributed by atoms with Crippen LogP contribution < -0.4 is 0 Å². The molecule has 4 rings (SSSR count). The molecule has 128 valence electrons. The molecule has 1 saturated heterocycles. The van der Waals surface area contributed by atoms with Gasteiger partial charge >= 0.3 is 0 Å². The lowest BCUT2D eigenvalue weighted by Gasteiger charge is -2.26. The summed E-state index contributed by atoms with van der Waals surface area (Å²) in [6.45, 7) is 1.40.